The molecular formula is C23H30N10O. The summed E-state index contributed by atoms with van der Waals surface area (Å²) < 4.78 is 7.82. The highest BCUT2D eigenvalue weighted by atomic mass is 16.5. The van der Waals surface area contributed by atoms with E-state index in [2.05, 4.69) is 36.0 Å². The third-order valence-electron chi connectivity index (χ3n) is 7.39. The Hall–Kier alpha value is -3.23. The average Bonchev–Trinajstić information content (AvgIpc) is 3.53. The molecule has 11 heteroatoms. The van der Waals surface area contributed by atoms with E-state index in [0.29, 0.717) is 49.5 Å². The first-order valence-corrected chi connectivity index (χ1v) is 12.2. The summed E-state index contributed by atoms with van der Waals surface area (Å²) in [4.78, 5) is 19.4. The van der Waals surface area contributed by atoms with E-state index in [4.69, 9.17) is 25.0 Å². The second-order valence-corrected chi connectivity index (χ2v) is 9.51. The van der Waals surface area contributed by atoms with Crippen LogP contribution in [0.1, 0.15) is 43.8 Å². The maximum Gasteiger partial charge on any atom is 0.232 e. The van der Waals surface area contributed by atoms with Gasteiger partial charge in [-0.2, -0.15) is 20.3 Å². The molecule has 0 spiro atoms. The number of nitrogens with zero attached hydrogens (tertiary/aromatic N) is 8. The van der Waals surface area contributed by atoms with Crippen LogP contribution < -0.4 is 10.2 Å². The lowest BCUT2D eigenvalue weighted by molar-refractivity contribution is 0.110. The van der Waals surface area contributed by atoms with Crippen molar-refractivity contribution in [2.24, 2.45) is 0 Å². The van der Waals surface area contributed by atoms with Crippen LogP contribution in [0.2, 0.25) is 0 Å². The summed E-state index contributed by atoms with van der Waals surface area (Å²) >= 11 is 0. The van der Waals surface area contributed by atoms with Gasteiger partial charge in [0.15, 0.2) is 22.8 Å². The maximum absolute atomic E-state index is 9.05. The van der Waals surface area contributed by atoms with E-state index in [1.165, 1.54) is 12.8 Å². The first kappa shape index (κ1) is 21.3. The summed E-state index contributed by atoms with van der Waals surface area (Å²) in [6, 6.07) is 5.65. The molecule has 1 unspecified atom stereocenters. The molecule has 3 aromatic rings. The average molecular weight is 463 g/mol. The predicted octanol–water partition coefficient (Wildman–Crippen LogP) is 2.52. The number of aromatic nitrogens is 6. The zero-order valence-electron chi connectivity index (χ0n) is 19.4. The molecule has 3 atom stereocenters. The summed E-state index contributed by atoms with van der Waals surface area (Å²) in [6.07, 6.45) is 7.08. The molecule has 2 bridgehead atoms. The normalized spacial score (nSPS) is 25.1. The molecule has 3 aromatic heterocycles. The lowest BCUT2D eigenvalue weighted by Crippen LogP contribution is -2.43. The molecule has 3 saturated heterocycles. The minimum absolute atomic E-state index is 0.341. The van der Waals surface area contributed by atoms with Crippen molar-refractivity contribution >= 4 is 28.7 Å². The van der Waals surface area contributed by atoms with Gasteiger partial charge in [0.2, 0.25) is 5.95 Å². The third-order valence-corrected chi connectivity index (χ3v) is 7.39. The maximum atomic E-state index is 9.05. The van der Waals surface area contributed by atoms with Crippen LogP contribution in [0.4, 0.5) is 17.6 Å². The van der Waals surface area contributed by atoms with Crippen molar-refractivity contribution in [3.63, 3.8) is 0 Å². The minimum atomic E-state index is 0.341. The van der Waals surface area contributed by atoms with E-state index in [1.807, 2.05) is 19.3 Å². The van der Waals surface area contributed by atoms with Gasteiger partial charge in [0, 0.05) is 55.9 Å². The number of imidazole rings is 1. The van der Waals surface area contributed by atoms with Crippen LogP contribution in [0.25, 0.3) is 11.2 Å². The van der Waals surface area contributed by atoms with E-state index in [-0.39, 0.29) is 0 Å². The van der Waals surface area contributed by atoms with Gasteiger partial charge in [-0.15, -0.1) is 0 Å². The van der Waals surface area contributed by atoms with E-state index in [0.717, 1.165) is 55.2 Å². The number of fused-ring (bicyclic) bond motifs is 3. The number of ether oxygens (including phenoxy) is 1. The molecule has 6 rings (SSSR count). The van der Waals surface area contributed by atoms with E-state index < -0.39 is 0 Å². The molecule has 0 saturated carbocycles. The van der Waals surface area contributed by atoms with Gasteiger partial charge in [-0.05, 0) is 32.6 Å². The van der Waals surface area contributed by atoms with Gasteiger partial charge < -0.3 is 19.5 Å². The third kappa shape index (κ3) is 3.86. The van der Waals surface area contributed by atoms with Crippen LogP contribution in [0.15, 0.2) is 12.4 Å². The number of aromatic amines is 1. The van der Waals surface area contributed by atoms with Crippen molar-refractivity contribution in [3.05, 3.63) is 18.1 Å². The Morgan fingerprint density at radius 3 is 2.68 bits per heavy atom. The fourth-order valence-corrected chi connectivity index (χ4v) is 5.83. The molecule has 34 heavy (non-hydrogen) atoms. The molecule has 3 fully saturated rings. The summed E-state index contributed by atoms with van der Waals surface area (Å²) in [7, 11) is 0. The number of H-pyrrole nitrogens is 1. The molecule has 0 radical (unpaired) electrons. The lowest BCUT2D eigenvalue weighted by Gasteiger charge is -2.39. The molecule has 0 amide bonds. The van der Waals surface area contributed by atoms with Gasteiger partial charge in [0.05, 0.1) is 25.6 Å². The fourth-order valence-electron chi connectivity index (χ4n) is 5.83. The number of nitrogens with one attached hydrogen (secondary N) is 2. The topological polar surface area (TPSA) is 124 Å². The van der Waals surface area contributed by atoms with Crippen LogP contribution in [-0.4, -0.2) is 79.5 Å². The number of morpholine rings is 1. The molecule has 0 aliphatic carbocycles. The smallest absolute Gasteiger partial charge is 0.232 e. The van der Waals surface area contributed by atoms with Crippen LogP contribution in [-0.2, 0) is 4.74 Å². The molecule has 6 heterocycles. The Bertz CT molecular complexity index is 1190. The lowest BCUT2D eigenvalue weighted by atomic mass is 9.97. The van der Waals surface area contributed by atoms with Crippen molar-refractivity contribution in [1.29, 1.82) is 5.26 Å². The number of piperidine rings is 1. The van der Waals surface area contributed by atoms with Gasteiger partial charge in [0.1, 0.15) is 0 Å². The first-order valence-electron chi connectivity index (χ1n) is 12.2. The standard InChI is InChI=1S/C23H30N10O/c1-15-11-19(30-29-15)26-23-27-21(31-7-9-34-10-8-31)20-22(28-23)33(14-25-20)18-12-16-3-4-17(13-18)32(16)6-2-5-24/h11,14,16-18H,2-4,6-10,12-13H2,1H3,(H2,26,27,28,29,30)/t16-,17+,18?. The highest BCUT2D eigenvalue weighted by Crippen LogP contribution is 2.42. The Morgan fingerprint density at radius 2 is 1.97 bits per heavy atom. The van der Waals surface area contributed by atoms with Crippen LogP contribution in [0, 0.1) is 18.3 Å². The Labute approximate surface area is 198 Å². The molecule has 178 valence electrons. The predicted molar refractivity (Wildman–Crippen MR) is 127 cm³/mol. The minimum Gasteiger partial charge on any atom is -0.378 e. The van der Waals surface area contributed by atoms with Gasteiger partial charge in [-0.25, -0.2) is 4.98 Å². The monoisotopic (exact) mass is 462 g/mol. The zero-order valence-corrected chi connectivity index (χ0v) is 19.4. The van der Waals surface area contributed by atoms with E-state index >= 15 is 0 Å². The van der Waals surface area contributed by atoms with Crippen molar-refractivity contribution in [3.8, 4) is 6.07 Å². The number of nitriles is 1. The summed E-state index contributed by atoms with van der Waals surface area (Å²) in [5, 5.41) is 19.6. The van der Waals surface area contributed by atoms with Gasteiger partial charge in [-0.3, -0.25) is 10.00 Å². The van der Waals surface area contributed by atoms with Crippen molar-refractivity contribution < 1.29 is 4.74 Å². The number of aryl methyl sites for hydroxylation is 1. The molecule has 3 aliphatic rings. The summed E-state index contributed by atoms with van der Waals surface area (Å²) in [6.45, 7) is 5.76. The Balaban J connectivity index is 1.35. The van der Waals surface area contributed by atoms with E-state index in [9.17, 15) is 0 Å². The Morgan fingerprint density at radius 1 is 1.18 bits per heavy atom. The van der Waals surface area contributed by atoms with Crippen molar-refractivity contribution in [2.45, 2.75) is 57.2 Å². The first-order chi connectivity index (χ1) is 16.7. The quantitative estimate of drug-likeness (QED) is 0.568. The van der Waals surface area contributed by atoms with Crippen LogP contribution >= 0.6 is 0 Å². The molecule has 3 aliphatic heterocycles. The fraction of sp³-hybridized carbons (Fsp3) is 0.609. The molecule has 0 aromatic carbocycles. The van der Waals surface area contributed by atoms with Gasteiger partial charge in [-0.1, -0.05) is 0 Å². The van der Waals surface area contributed by atoms with Gasteiger partial charge >= 0.3 is 0 Å². The largest absolute Gasteiger partial charge is 0.378 e. The number of hydrogen-bond acceptors (Lipinski definition) is 9. The van der Waals surface area contributed by atoms with Crippen LogP contribution in [0.5, 0.6) is 0 Å². The van der Waals surface area contributed by atoms with Crippen LogP contribution in [0.3, 0.4) is 0 Å². The number of anilines is 3. The molecular weight excluding hydrogens is 432 g/mol. The van der Waals surface area contributed by atoms with Crippen molar-refractivity contribution in [2.75, 3.05) is 43.1 Å². The highest BCUT2D eigenvalue weighted by Gasteiger charge is 2.41. The molecule has 2 N–H and O–H groups in total. The Kier molecular flexibility index (Phi) is 5.55. The van der Waals surface area contributed by atoms with E-state index in [1.54, 1.807) is 0 Å². The highest BCUT2D eigenvalue weighted by molar-refractivity contribution is 5.85. The van der Waals surface area contributed by atoms with Gasteiger partial charge in [0.25, 0.3) is 0 Å². The van der Waals surface area contributed by atoms with Crippen molar-refractivity contribution in [1.82, 2.24) is 34.6 Å². The number of hydrogen-bond donors (Lipinski definition) is 2. The summed E-state index contributed by atoms with van der Waals surface area (Å²) in [5.74, 6) is 2.06. The second kappa shape index (κ2) is 8.85. The second-order valence-electron chi connectivity index (χ2n) is 9.51. The molecule has 11 nitrogen and oxygen atoms in total. The summed E-state index contributed by atoms with van der Waals surface area (Å²) in [5.41, 5.74) is 2.67. The SMILES string of the molecule is Cc1cc(Nc2nc(N3CCOCC3)c3ncn(C4C[C@H]5CC[C@@H](C4)N5CCC#N)c3n2)n[nH]1. The zero-order chi connectivity index (χ0) is 23.1. The number of rotatable bonds is 6.